The Labute approximate surface area is 126 Å². The Morgan fingerprint density at radius 3 is 2.14 bits per heavy atom. The first-order chi connectivity index (χ1) is 10.5. The summed E-state index contributed by atoms with van der Waals surface area (Å²) >= 11 is 0. The van der Waals surface area contributed by atoms with E-state index in [-0.39, 0.29) is 0 Å². The molecule has 22 heavy (non-hydrogen) atoms. The second kappa shape index (κ2) is 4.22. The molecule has 7 nitrogen and oxygen atoms in total. The predicted octanol–water partition coefficient (Wildman–Crippen LogP) is 0.477. The number of nitriles is 2. The predicted molar refractivity (Wildman–Crippen MR) is 71.5 cm³/mol. The standard InChI is InChI=1S/C15H11N3O4/c1-21-8-3-4-10(22-2)9(5-8)11-14(6-16)12(19)18-13(20)15(11,14)7-17/h3-5,11H,1-2H3,(H,18,19,20)/t11?,14-,15+. The Kier molecular flexibility index (Phi) is 2.66. The number of fused-ring (bicyclic) bond motifs is 1. The zero-order valence-electron chi connectivity index (χ0n) is 11.8. The van der Waals surface area contributed by atoms with Crippen LogP contribution < -0.4 is 14.8 Å². The van der Waals surface area contributed by atoms with Crippen LogP contribution in [0.4, 0.5) is 0 Å². The monoisotopic (exact) mass is 297 g/mol. The van der Waals surface area contributed by atoms with Crippen molar-refractivity contribution in [3.05, 3.63) is 23.8 Å². The van der Waals surface area contributed by atoms with Gasteiger partial charge in [0.05, 0.1) is 26.4 Å². The number of carbonyl (C=O) groups excluding carboxylic acids is 2. The van der Waals surface area contributed by atoms with E-state index in [9.17, 15) is 20.1 Å². The van der Waals surface area contributed by atoms with E-state index in [0.29, 0.717) is 17.1 Å². The number of rotatable bonds is 3. The highest BCUT2D eigenvalue weighted by Gasteiger charge is 2.91. The van der Waals surface area contributed by atoms with Gasteiger partial charge in [0, 0.05) is 11.5 Å². The Morgan fingerprint density at radius 2 is 1.68 bits per heavy atom. The lowest BCUT2D eigenvalue weighted by atomic mass is 9.98. The molecule has 3 rings (SSSR count). The van der Waals surface area contributed by atoms with Gasteiger partial charge in [0.1, 0.15) is 11.5 Å². The molecule has 2 fully saturated rings. The molecule has 0 spiro atoms. The lowest BCUT2D eigenvalue weighted by Gasteiger charge is -2.13. The summed E-state index contributed by atoms with van der Waals surface area (Å²) < 4.78 is 10.4. The van der Waals surface area contributed by atoms with E-state index in [2.05, 4.69) is 5.32 Å². The minimum absolute atomic E-state index is 0.394. The van der Waals surface area contributed by atoms with Crippen molar-refractivity contribution in [3.8, 4) is 23.6 Å². The lowest BCUT2D eigenvalue weighted by molar-refractivity contribution is -0.128. The normalized spacial score (nSPS) is 31.5. The molecule has 2 amide bonds. The molecule has 1 aromatic rings. The molecule has 1 heterocycles. The van der Waals surface area contributed by atoms with Crippen LogP contribution in [0.1, 0.15) is 11.5 Å². The van der Waals surface area contributed by atoms with E-state index < -0.39 is 28.6 Å². The Bertz CT molecular complexity index is 753. The third-order valence-electron chi connectivity index (χ3n) is 4.45. The van der Waals surface area contributed by atoms with Gasteiger partial charge in [-0.05, 0) is 18.2 Å². The molecule has 0 bridgehead atoms. The van der Waals surface area contributed by atoms with Crippen LogP contribution in [0.15, 0.2) is 18.2 Å². The summed E-state index contributed by atoms with van der Waals surface area (Å²) in [5.41, 5.74) is -2.98. The van der Waals surface area contributed by atoms with Crippen molar-refractivity contribution in [2.75, 3.05) is 14.2 Å². The number of hydrogen-bond donors (Lipinski definition) is 1. The summed E-state index contributed by atoms with van der Waals surface area (Å²) in [6, 6.07) is 8.59. The highest BCUT2D eigenvalue weighted by atomic mass is 16.5. The largest absolute Gasteiger partial charge is 0.497 e. The van der Waals surface area contributed by atoms with Crippen LogP contribution in [-0.4, -0.2) is 26.0 Å². The number of ether oxygens (including phenoxy) is 2. The molecule has 1 unspecified atom stereocenters. The van der Waals surface area contributed by atoms with Gasteiger partial charge in [-0.25, -0.2) is 0 Å². The van der Waals surface area contributed by atoms with E-state index >= 15 is 0 Å². The molecule has 1 N–H and O–H groups in total. The Morgan fingerprint density at radius 1 is 1.09 bits per heavy atom. The molecule has 3 atom stereocenters. The SMILES string of the molecule is COc1ccc(OC)c(C2[C@]3(C#N)C(=O)NC(=O)[C@]23C#N)c1. The minimum atomic E-state index is -1.71. The number of benzene rings is 1. The summed E-state index contributed by atoms with van der Waals surface area (Å²) in [7, 11) is 2.90. The van der Waals surface area contributed by atoms with E-state index in [1.54, 1.807) is 18.2 Å². The van der Waals surface area contributed by atoms with Gasteiger partial charge < -0.3 is 9.47 Å². The molecule has 0 radical (unpaired) electrons. The van der Waals surface area contributed by atoms with Gasteiger partial charge >= 0.3 is 0 Å². The molecule has 0 aromatic heterocycles. The first kappa shape index (κ1) is 13.9. The zero-order chi connectivity index (χ0) is 16.1. The number of methoxy groups -OCH3 is 2. The average molecular weight is 297 g/mol. The molecule has 1 aromatic carbocycles. The molecule has 1 saturated carbocycles. The maximum atomic E-state index is 12.1. The highest BCUT2D eigenvalue weighted by molar-refractivity contribution is 6.19. The van der Waals surface area contributed by atoms with Crippen molar-refractivity contribution in [2.24, 2.45) is 10.8 Å². The summed E-state index contributed by atoms with van der Waals surface area (Å²) in [5, 5.41) is 21.0. The second-order valence-electron chi connectivity index (χ2n) is 5.16. The number of piperidine rings is 1. The molecule has 1 aliphatic carbocycles. The average Bonchev–Trinajstić information content (AvgIpc) is 3.11. The first-order valence-electron chi connectivity index (χ1n) is 6.43. The van der Waals surface area contributed by atoms with Gasteiger partial charge in [-0.2, -0.15) is 10.5 Å². The molecule has 2 aliphatic rings. The second-order valence-corrected chi connectivity index (χ2v) is 5.16. The van der Waals surface area contributed by atoms with E-state index in [4.69, 9.17) is 9.47 Å². The van der Waals surface area contributed by atoms with Crippen LogP contribution in [0.3, 0.4) is 0 Å². The molecule has 1 aliphatic heterocycles. The Balaban J connectivity index is 2.23. The number of imide groups is 1. The van der Waals surface area contributed by atoms with Crippen molar-refractivity contribution >= 4 is 11.8 Å². The van der Waals surface area contributed by atoms with Crippen LogP contribution >= 0.6 is 0 Å². The topological polar surface area (TPSA) is 112 Å². The van der Waals surface area contributed by atoms with Crippen molar-refractivity contribution in [2.45, 2.75) is 5.92 Å². The van der Waals surface area contributed by atoms with Crippen molar-refractivity contribution in [1.29, 1.82) is 10.5 Å². The van der Waals surface area contributed by atoms with Crippen LogP contribution in [0, 0.1) is 33.5 Å². The molecule has 7 heteroatoms. The van der Waals surface area contributed by atoms with Crippen molar-refractivity contribution in [1.82, 2.24) is 5.32 Å². The lowest BCUT2D eigenvalue weighted by Crippen LogP contribution is -2.31. The number of carbonyl (C=O) groups is 2. The van der Waals surface area contributed by atoms with Gasteiger partial charge in [-0.3, -0.25) is 14.9 Å². The summed E-state index contributed by atoms with van der Waals surface area (Å²) in [6.07, 6.45) is 0. The third kappa shape index (κ3) is 1.24. The van der Waals surface area contributed by atoms with Crippen molar-refractivity contribution < 1.29 is 19.1 Å². The molecule has 1 saturated heterocycles. The fourth-order valence-electron chi connectivity index (χ4n) is 3.33. The number of hydrogen-bond acceptors (Lipinski definition) is 6. The third-order valence-corrected chi connectivity index (χ3v) is 4.45. The fourth-order valence-corrected chi connectivity index (χ4v) is 3.33. The smallest absolute Gasteiger partial charge is 0.250 e. The van der Waals surface area contributed by atoms with Gasteiger partial charge in [0.2, 0.25) is 11.8 Å². The van der Waals surface area contributed by atoms with Gasteiger partial charge in [-0.15, -0.1) is 0 Å². The first-order valence-corrected chi connectivity index (χ1v) is 6.43. The maximum Gasteiger partial charge on any atom is 0.250 e. The van der Waals surface area contributed by atoms with Crippen LogP contribution in [0.2, 0.25) is 0 Å². The number of nitrogens with one attached hydrogen (secondary N) is 1. The summed E-state index contributed by atoms with van der Waals surface area (Å²) in [4.78, 5) is 24.2. The van der Waals surface area contributed by atoms with Gasteiger partial charge in [0.15, 0.2) is 10.8 Å². The van der Waals surface area contributed by atoms with Gasteiger partial charge in [0.25, 0.3) is 0 Å². The fraction of sp³-hybridized carbons (Fsp3) is 0.333. The van der Waals surface area contributed by atoms with Crippen molar-refractivity contribution in [3.63, 3.8) is 0 Å². The Hall–Kier alpha value is -3.06. The zero-order valence-corrected chi connectivity index (χ0v) is 11.8. The summed E-state index contributed by atoms with van der Waals surface area (Å²) in [5.74, 6) is -1.48. The highest BCUT2D eigenvalue weighted by Crippen LogP contribution is 2.77. The quantitative estimate of drug-likeness (QED) is 0.812. The van der Waals surface area contributed by atoms with E-state index in [1.165, 1.54) is 14.2 Å². The van der Waals surface area contributed by atoms with Crippen LogP contribution in [-0.2, 0) is 9.59 Å². The maximum absolute atomic E-state index is 12.1. The van der Waals surface area contributed by atoms with Crippen LogP contribution in [0.25, 0.3) is 0 Å². The summed E-state index contributed by atoms with van der Waals surface area (Å²) in [6.45, 7) is 0. The van der Waals surface area contributed by atoms with Crippen LogP contribution in [0.5, 0.6) is 11.5 Å². The van der Waals surface area contributed by atoms with E-state index in [1.807, 2.05) is 12.1 Å². The van der Waals surface area contributed by atoms with Gasteiger partial charge in [-0.1, -0.05) is 0 Å². The minimum Gasteiger partial charge on any atom is -0.497 e. The number of amides is 2. The molecular weight excluding hydrogens is 286 g/mol. The number of nitrogens with zero attached hydrogens (tertiary/aromatic N) is 2. The van der Waals surface area contributed by atoms with E-state index in [0.717, 1.165) is 0 Å². The molecular formula is C15H11N3O4. The molecule has 110 valence electrons.